The van der Waals surface area contributed by atoms with E-state index in [1.165, 1.54) is 0 Å². The van der Waals surface area contributed by atoms with Crippen LogP contribution in [0.15, 0.2) is 59.2 Å². The van der Waals surface area contributed by atoms with Gasteiger partial charge in [0.25, 0.3) is 0 Å². The lowest BCUT2D eigenvalue weighted by atomic mass is 9.92. The number of nitrogens with one attached hydrogen (secondary N) is 1. The van der Waals surface area contributed by atoms with Gasteiger partial charge in [-0.1, -0.05) is 46.3 Å². The molecule has 3 aromatic rings. The van der Waals surface area contributed by atoms with E-state index in [9.17, 15) is 14.7 Å². The SMILES string of the molecule is O=C(Cc1ccc(Br)cc1)CC(Cc1c[nH]c2ccccc12)C(=O)O. The Morgan fingerprint density at radius 3 is 2.52 bits per heavy atom. The van der Waals surface area contributed by atoms with Crippen LogP contribution >= 0.6 is 15.9 Å². The Bertz CT molecular complexity index is 899. The van der Waals surface area contributed by atoms with Gasteiger partial charge < -0.3 is 10.1 Å². The van der Waals surface area contributed by atoms with Crippen molar-refractivity contribution in [1.82, 2.24) is 4.98 Å². The molecular formula is C20H18BrNO3. The largest absolute Gasteiger partial charge is 0.481 e. The molecule has 5 heteroatoms. The zero-order valence-electron chi connectivity index (χ0n) is 13.5. The van der Waals surface area contributed by atoms with E-state index in [-0.39, 0.29) is 18.6 Å². The van der Waals surface area contributed by atoms with E-state index in [1.807, 2.05) is 54.7 Å². The van der Waals surface area contributed by atoms with E-state index in [4.69, 9.17) is 0 Å². The maximum absolute atomic E-state index is 12.3. The standard InChI is InChI=1S/C20H18BrNO3/c21-16-7-5-13(6-8-16)9-17(23)11-14(20(24)25)10-15-12-22-19-4-2-1-3-18(15)19/h1-8,12,14,22H,9-11H2,(H,24,25). The summed E-state index contributed by atoms with van der Waals surface area (Å²) in [5.41, 5.74) is 2.80. The van der Waals surface area contributed by atoms with Crippen molar-refractivity contribution in [2.75, 3.05) is 0 Å². The molecule has 0 radical (unpaired) electrons. The van der Waals surface area contributed by atoms with Crippen molar-refractivity contribution in [3.63, 3.8) is 0 Å². The molecule has 1 unspecified atom stereocenters. The zero-order chi connectivity index (χ0) is 17.8. The number of benzene rings is 2. The van der Waals surface area contributed by atoms with Crippen molar-refractivity contribution < 1.29 is 14.7 Å². The number of hydrogen-bond donors (Lipinski definition) is 2. The lowest BCUT2D eigenvalue weighted by Gasteiger charge is -2.11. The number of hydrogen-bond acceptors (Lipinski definition) is 2. The fourth-order valence-electron chi connectivity index (χ4n) is 2.99. The Balaban J connectivity index is 1.69. The fourth-order valence-corrected chi connectivity index (χ4v) is 3.25. The number of carboxylic acids is 1. The summed E-state index contributed by atoms with van der Waals surface area (Å²) in [6, 6.07) is 15.3. The number of Topliss-reactive ketones (excluding diaryl/α,β-unsaturated/α-hetero) is 1. The second kappa shape index (κ2) is 7.66. The van der Waals surface area contributed by atoms with Crippen molar-refractivity contribution in [1.29, 1.82) is 0 Å². The van der Waals surface area contributed by atoms with Crippen molar-refractivity contribution in [3.05, 3.63) is 70.3 Å². The van der Waals surface area contributed by atoms with Gasteiger partial charge in [-0.3, -0.25) is 9.59 Å². The molecular weight excluding hydrogens is 382 g/mol. The number of rotatable bonds is 7. The number of aromatic amines is 1. The molecule has 2 aromatic carbocycles. The molecule has 3 rings (SSSR count). The van der Waals surface area contributed by atoms with Gasteiger partial charge in [0.15, 0.2) is 0 Å². The van der Waals surface area contributed by atoms with Gasteiger partial charge >= 0.3 is 5.97 Å². The number of aromatic nitrogens is 1. The van der Waals surface area contributed by atoms with Gasteiger partial charge in [-0.15, -0.1) is 0 Å². The van der Waals surface area contributed by atoms with Gasteiger partial charge in [-0.2, -0.15) is 0 Å². The van der Waals surface area contributed by atoms with Crippen LogP contribution in [0, 0.1) is 5.92 Å². The van der Waals surface area contributed by atoms with E-state index in [0.717, 1.165) is 26.5 Å². The monoisotopic (exact) mass is 399 g/mol. The van der Waals surface area contributed by atoms with E-state index < -0.39 is 11.9 Å². The molecule has 0 spiro atoms. The van der Waals surface area contributed by atoms with E-state index in [1.54, 1.807) is 0 Å². The summed E-state index contributed by atoms with van der Waals surface area (Å²) < 4.78 is 0.950. The molecule has 0 aliphatic rings. The average molecular weight is 400 g/mol. The van der Waals surface area contributed by atoms with Crippen molar-refractivity contribution in [2.24, 2.45) is 5.92 Å². The van der Waals surface area contributed by atoms with Gasteiger partial charge in [0, 0.05) is 34.4 Å². The summed E-state index contributed by atoms with van der Waals surface area (Å²) in [4.78, 5) is 27.1. The molecule has 2 N–H and O–H groups in total. The highest BCUT2D eigenvalue weighted by Gasteiger charge is 2.23. The number of aliphatic carboxylic acids is 1. The fraction of sp³-hybridized carbons (Fsp3) is 0.200. The summed E-state index contributed by atoms with van der Waals surface area (Å²) in [6.07, 6.45) is 2.46. The van der Waals surface area contributed by atoms with Crippen LogP contribution in [0.25, 0.3) is 10.9 Å². The maximum Gasteiger partial charge on any atom is 0.307 e. The second-order valence-corrected chi connectivity index (χ2v) is 7.06. The van der Waals surface area contributed by atoms with Gasteiger partial charge in [-0.05, 0) is 35.7 Å². The zero-order valence-corrected chi connectivity index (χ0v) is 15.1. The summed E-state index contributed by atoms with van der Waals surface area (Å²) in [5.74, 6) is -1.72. The van der Waals surface area contributed by atoms with E-state index in [2.05, 4.69) is 20.9 Å². The molecule has 0 saturated carbocycles. The molecule has 4 nitrogen and oxygen atoms in total. The third-order valence-electron chi connectivity index (χ3n) is 4.28. The number of carboxylic acid groups (broad SMARTS) is 1. The Morgan fingerprint density at radius 2 is 1.80 bits per heavy atom. The van der Waals surface area contributed by atoms with Crippen LogP contribution in [0.3, 0.4) is 0 Å². The molecule has 0 saturated heterocycles. The number of para-hydroxylation sites is 1. The number of carbonyl (C=O) groups excluding carboxylic acids is 1. The van der Waals surface area contributed by atoms with Crippen LogP contribution in [0.5, 0.6) is 0 Å². The van der Waals surface area contributed by atoms with Crippen LogP contribution in [0.1, 0.15) is 17.5 Å². The first-order valence-corrected chi connectivity index (χ1v) is 8.86. The predicted molar refractivity (Wildman–Crippen MR) is 101 cm³/mol. The van der Waals surface area contributed by atoms with Crippen LogP contribution in [-0.4, -0.2) is 21.8 Å². The molecule has 0 aliphatic carbocycles. The molecule has 1 heterocycles. The summed E-state index contributed by atoms with van der Waals surface area (Å²) in [6.45, 7) is 0. The Labute approximate surface area is 154 Å². The normalized spacial score (nSPS) is 12.2. The smallest absolute Gasteiger partial charge is 0.307 e. The Hall–Kier alpha value is -2.40. The van der Waals surface area contributed by atoms with Crippen molar-refractivity contribution in [2.45, 2.75) is 19.3 Å². The van der Waals surface area contributed by atoms with Crippen molar-refractivity contribution >= 4 is 38.6 Å². The minimum absolute atomic E-state index is 0.0326. The Kier molecular flexibility index (Phi) is 5.34. The molecule has 1 atom stereocenters. The van der Waals surface area contributed by atoms with E-state index in [0.29, 0.717) is 6.42 Å². The predicted octanol–water partition coefficient (Wildman–Crippen LogP) is 4.38. The number of ketones is 1. The summed E-state index contributed by atoms with van der Waals surface area (Å²) >= 11 is 3.36. The van der Waals surface area contributed by atoms with Gasteiger partial charge in [0.2, 0.25) is 0 Å². The third-order valence-corrected chi connectivity index (χ3v) is 4.81. The maximum atomic E-state index is 12.3. The topological polar surface area (TPSA) is 70.2 Å². The number of H-pyrrole nitrogens is 1. The Morgan fingerprint density at radius 1 is 1.08 bits per heavy atom. The molecule has 128 valence electrons. The third kappa shape index (κ3) is 4.37. The highest BCUT2D eigenvalue weighted by Crippen LogP contribution is 2.23. The highest BCUT2D eigenvalue weighted by atomic mass is 79.9. The first-order valence-electron chi connectivity index (χ1n) is 8.07. The van der Waals surface area contributed by atoms with Gasteiger partial charge in [-0.25, -0.2) is 0 Å². The molecule has 1 aromatic heterocycles. The first-order chi connectivity index (χ1) is 12.0. The van der Waals surface area contributed by atoms with E-state index >= 15 is 0 Å². The number of carbonyl (C=O) groups is 2. The number of fused-ring (bicyclic) bond motifs is 1. The number of halogens is 1. The summed E-state index contributed by atoms with van der Waals surface area (Å²) in [5, 5.41) is 10.5. The van der Waals surface area contributed by atoms with Crippen LogP contribution in [0.4, 0.5) is 0 Å². The lowest BCUT2D eigenvalue weighted by Crippen LogP contribution is -2.21. The van der Waals surface area contributed by atoms with Gasteiger partial charge in [0.1, 0.15) is 5.78 Å². The molecule has 25 heavy (non-hydrogen) atoms. The molecule has 0 bridgehead atoms. The average Bonchev–Trinajstić information content (AvgIpc) is 2.99. The molecule has 0 fully saturated rings. The second-order valence-electron chi connectivity index (χ2n) is 6.14. The first kappa shape index (κ1) is 17.4. The minimum atomic E-state index is -0.936. The lowest BCUT2D eigenvalue weighted by molar-refractivity contribution is -0.143. The van der Waals surface area contributed by atoms with Crippen LogP contribution in [-0.2, 0) is 22.4 Å². The van der Waals surface area contributed by atoms with Gasteiger partial charge in [0.05, 0.1) is 5.92 Å². The van der Waals surface area contributed by atoms with Crippen molar-refractivity contribution in [3.8, 4) is 0 Å². The minimum Gasteiger partial charge on any atom is -0.481 e. The highest BCUT2D eigenvalue weighted by molar-refractivity contribution is 9.10. The van der Waals surface area contributed by atoms with Crippen LogP contribution < -0.4 is 0 Å². The molecule has 0 aliphatic heterocycles. The summed E-state index contributed by atoms with van der Waals surface area (Å²) in [7, 11) is 0. The quantitative estimate of drug-likeness (QED) is 0.619. The molecule has 0 amide bonds. The van der Waals surface area contributed by atoms with Crippen LogP contribution in [0.2, 0.25) is 0 Å².